The summed E-state index contributed by atoms with van der Waals surface area (Å²) in [4.78, 5) is 21.0. The number of nitrogens with one attached hydrogen (secondary N) is 1. The zero-order valence-electron chi connectivity index (χ0n) is 10.8. The van der Waals surface area contributed by atoms with Gasteiger partial charge in [-0.15, -0.1) is 11.3 Å². The largest absolute Gasteiger partial charge is 0.444 e. The number of hydrogen-bond donors (Lipinski definition) is 1. The van der Waals surface area contributed by atoms with Crippen molar-refractivity contribution in [3.05, 3.63) is 17.3 Å². The number of carbonyl (C=O) groups is 1. The summed E-state index contributed by atoms with van der Waals surface area (Å²) in [7, 11) is 0. The van der Waals surface area contributed by atoms with Crippen molar-refractivity contribution in [2.24, 2.45) is 0 Å². The van der Waals surface area contributed by atoms with Crippen LogP contribution in [0.1, 0.15) is 26.3 Å². The smallest absolute Gasteiger partial charge is 0.412 e. The highest BCUT2D eigenvalue weighted by Crippen LogP contribution is 2.25. The van der Waals surface area contributed by atoms with Gasteiger partial charge in [-0.25, -0.2) is 14.8 Å². The summed E-state index contributed by atoms with van der Waals surface area (Å²) in [5.74, 6) is 0. The van der Waals surface area contributed by atoms with Crippen LogP contribution in [0.25, 0.3) is 10.3 Å². The standard InChI is InChI=1S/C12H15N3O2S/c1-7-8(15-11(16)17-12(2,3)4)5-13-10-9(7)14-6-18-10/h5-6H,1-4H3,(H,15,16). The number of pyridine rings is 1. The molecule has 5 nitrogen and oxygen atoms in total. The zero-order chi connectivity index (χ0) is 13.3. The van der Waals surface area contributed by atoms with Gasteiger partial charge >= 0.3 is 6.09 Å². The molecule has 0 atom stereocenters. The van der Waals surface area contributed by atoms with Gasteiger partial charge in [0.1, 0.15) is 15.9 Å². The first-order valence-corrected chi connectivity index (χ1v) is 6.43. The maximum atomic E-state index is 11.7. The lowest BCUT2D eigenvalue weighted by Crippen LogP contribution is -2.27. The average molecular weight is 265 g/mol. The topological polar surface area (TPSA) is 64.1 Å². The van der Waals surface area contributed by atoms with Crippen molar-refractivity contribution in [1.29, 1.82) is 0 Å². The molecule has 1 amide bonds. The number of fused-ring (bicyclic) bond motifs is 1. The Bertz CT molecular complexity index is 587. The van der Waals surface area contributed by atoms with Crippen LogP contribution >= 0.6 is 11.3 Å². The van der Waals surface area contributed by atoms with Crippen molar-refractivity contribution in [3.63, 3.8) is 0 Å². The van der Waals surface area contributed by atoms with E-state index in [1.165, 1.54) is 11.3 Å². The van der Waals surface area contributed by atoms with Crippen LogP contribution in [0, 0.1) is 6.92 Å². The summed E-state index contributed by atoms with van der Waals surface area (Å²) in [5, 5.41) is 2.69. The molecule has 0 radical (unpaired) electrons. The van der Waals surface area contributed by atoms with Crippen LogP contribution in [-0.4, -0.2) is 21.7 Å². The van der Waals surface area contributed by atoms with Crippen LogP contribution in [0.5, 0.6) is 0 Å². The molecule has 0 aliphatic heterocycles. The van der Waals surface area contributed by atoms with Crippen molar-refractivity contribution in [2.45, 2.75) is 33.3 Å². The summed E-state index contributed by atoms with van der Waals surface area (Å²) >= 11 is 1.47. The normalized spacial score (nSPS) is 11.6. The molecule has 2 rings (SSSR count). The van der Waals surface area contributed by atoms with Crippen LogP contribution < -0.4 is 5.32 Å². The van der Waals surface area contributed by atoms with Crippen molar-refractivity contribution in [3.8, 4) is 0 Å². The van der Waals surface area contributed by atoms with Crippen LogP contribution in [0.2, 0.25) is 0 Å². The number of aromatic nitrogens is 2. The third-order valence-electron chi connectivity index (χ3n) is 2.25. The van der Waals surface area contributed by atoms with Crippen molar-refractivity contribution in [1.82, 2.24) is 9.97 Å². The first-order valence-electron chi connectivity index (χ1n) is 5.55. The van der Waals surface area contributed by atoms with Gasteiger partial charge in [0.15, 0.2) is 0 Å². The first-order chi connectivity index (χ1) is 8.37. The number of ether oxygens (including phenoxy) is 1. The van der Waals surface area contributed by atoms with Gasteiger partial charge in [0, 0.05) is 5.56 Å². The van der Waals surface area contributed by atoms with E-state index < -0.39 is 11.7 Å². The molecule has 0 aliphatic rings. The van der Waals surface area contributed by atoms with Crippen LogP contribution in [0.3, 0.4) is 0 Å². The SMILES string of the molecule is Cc1c(NC(=O)OC(C)(C)C)cnc2scnc12. The fraction of sp³-hybridized carbons (Fsp3) is 0.417. The molecule has 6 heteroatoms. The summed E-state index contributed by atoms with van der Waals surface area (Å²) in [5.41, 5.74) is 3.56. The first kappa shape index (κ1) is 12.8. The number of aryl methyl sites for hydroxylation is 1. The van der Waals surface area contributed by atoms with E-state index in [1.54, 1.807) is 11.7 Å². The van der Waals surface area contributed by atoms with Gasteiger partial charge in [0.25, 0.3) is 0 Å². The third kappa shape index (κ3) is 2.76. The molecule has 1 N–H and O–H groups in total. The van der Waals surface area contributed by atoms with E-state index in [-0.39, 0.29) is 0 Å². The van der Waals surface area contributed by atoms with E-state index in [4.69, 9.17) is 4.74 Å². The van der Waals surface area contributed by atoms with Gasteiger partial charge in [-0.05, 0) is 27.7 Å². The van der Waals surface area contributed by atoms with Crippen LogP contribution in [-0.2, 0) is 4.74 Å². The van der Waals surface area contributed by atoms with Gasteiger partial charge in [-0.3, -0.25) is 5.32 Å². The van der Waals surface area contributed by atoms with Crippen molar-refractivity contribution >= 4 is 33.5 Å². The minimum atomic E-state index is -0.518. The van der Waals surface area contributed by atoms with Crippen LogP contribution in [0.4, 0.5) is 10.5 Å². The lowest BCUT2D eigenvalue weighted by Gasteiger charge is -2.20. The Morgan fingerprint density at radius 1 is 1.39 bits per heavy atom. The van der Waals surface area contributed by atoms with Gasteiger partial charge in [0.05, 0.1) is 17.4 Å². The fourth-order valence-electron chi connectivity index (χ4n) is 1.48. The molecule has 0 aliphatic carbocycles. The summed E-state index contributed by atoms with van der Waals surface area (Å²) in [6, 6.07) is 0. The molecule has 96 valence electrons. The highest BCUT2D eigenvalue weighted by molar-refractivity contribution is 7.16. The number of rotatable bonds is 1. The van der Waals surface area contributed by atoms with E-state index in [2.05, 4.69) is 15.3 Å². The predicted molar refractivity (Wildman–Crippen MR) is 72.0 cm³/mol. The number of anilines is 1. The highest BCUT2D eigenvalue weighted by atomic mass is 32.1. The molecule has 2 heterocycles. The Morgan fingerprint density at radius 3 is 2.78 bits per heavy atom. The van der Waals surface area contributed by atoms with Crippen molar-refractivity contribution in [2.75, 3.05) is 5.32 Å². The van der Waals surface area contributed by atoms with Crippen molar-refractivity contribution < 1.29 is 9.53 Å². The Labute approximate surface area is 109 Å². The quantitative estimate of drug-likeness (QED) is 0.858. The summed E-state index contributed by atoms with van der Waals surface area (Å²) in [6.45, 7) is 7.36. The van der Waals surface area contributed by atoms with Crippen LogP contribution in [0.15, 0.2) is 11.7 Å². The fourth-order valence-corrected chi connectivity index (χ4v) is 2.16. The van der Waals surface area contributed by atoms with Gasteiger partial charge in [-0.1, -0.05) is 0 Å². The Morgan fingerprint density at radius 2 is 2.11 bits per heavy atom. The second-order valence-corrected chi connectivity index (χ2v) is 5.76. The van der Waals surface area contributed by atoms with E-state index >= 15 is 0 Å². The molecular formula is C12H15N3O2S. The Balaban J connectivity index is 2.21. The second-order valence-electron chi connectivity index (χ2n) is 4.93. The Hall–Kier alpha value is -1.69. The second kappa shape index (κ2) is 4.53. The third-order valence-corrected chi connectivity index (χ3v) is 2.99. The molecule has 0 spiro atoms. The van der Waals surface area contributed by atoms with E-state index in [0.717, 1.165) is 15.9 Å². The average Bonchev–Trinajstić information content (AvgIpc) is 2.68. The Kier molecular flexibility index (Phi) is 3.21. The molecule has 2 aromatic heterocycles. The highest BCUT2D eigenvalue weighted by Gasteiger charge is 2.17. The maximum absolute atomic E-state index is 11.7. The number of hydrogen-bond acceptors (Lipinski definition) is 5. The molecular weight excluding hydrogens is 250 g/mol. The molecule has 0 aromatic carbocycles. The monoisotopic (exact) mass is 265 g/mol. The van der Waals surface area contributed by atoms with E-state index in [9.17, 15) is 4.79 Å². The van der Waals surface area contributed by atoms with Gasteiger partial charge < -0.3 is 4.74 Å². The van der Waals surface area contributed by atoms with E-state index in [1.807, 2.05) is 27.7 Å². The molecule has 0 fully saturated rings. The molecule has 2 aromatic rings. The lowest BCUT2D eigenvalue weighted by atomic mass is 10.2. The molecule has 0 saturated heterocycles. The molecule has 0 bridgehead atoms. The summed E-state index contributed by atoms with van der Waals surface area (Å²) in [6.07, 6.45) is 1.14. The summed E-state index contributed by atoms with van der Waals surface area (Å²) < 4.78 is 5.19. The number of thiazole rings is 1. The molecule has 0 unspecified atom stereocenters. The zero-order valence-corrected chi connectivity index (χ0v) is 11.6. The maximum Gasteiger partial charge on any atom is 0.412 e. The molecule has 18 heavy (non-hydrogen) atoms. The van der Waals surface area contributed by atoms with Gasteiger partial charge in [-0.2, -0.15) is 0 Å². The van der Waals surface area contributed by atoms with E-state index in [0.29, 0.717) is 5.69 Å². The number of amides is 1. The number of nitrogens with zero attached hydrogens (tertiary/aromatic N) is 2. The minimum absolute atomic E-state index is 0.484. The molecule has 0 saturated carbocycles. The predicted octanol–water partition coefficient (Wildman–Crippen LogP) is 3.35. The van der Waals surface area contributed by atoms with Gasteiger partial charge in [0.2, 0.25) is 0 Å². The number of carbonyl (C=O) groups excluding carboxylic acids is 1. The minimum Gasteiger partial charge on any atom is -0.444 e. The lowest BCUT2D eigenvalue weighted by molar-refractivity contribution is 0.0636.